The second kappa shape index (κ2) is 11.0. The van der Waals surface area contributed by atoms with E-state index in [9.17, 15) is 9.18 Å². The van der Waals surface area contributed by atoms with Gasteiger partial charge in [0.05, 0.1) is 18.9 Å². The van der Waals surface area contributed by atoms with Crippen LogP contribution in [0.2, 0.25) is 0 Å². The molecule has 0 saturated carbocycles. The summed E-state index contributed by atoms with van der Waals surface area (Å²) in [5, 5.41) is 1.40. The van der Waals surface area contributed by atoms with Gasteiger partial charge in [-0.2, -0.15) is 0 Å². The Bertz CT molecular complexity index is 1140. The number of halogens is 2. The van der Waals surface area contributed by atoms with E-state index < -0.39 is 17.5 Å². The molecule has 0 radical (unpaired) electrons. The van der Waals surface area contributed by atoms with Crippen LogP contribution in [0.15, 0.2) is 48.9 Å². The lowest BCUT2D eigenvalue weighted by Crippen LogP contribution is -2.47. The number of nitrogens with zero attached hydrogens (tertiary/aromatic N) is 3. The van der Waals surface area contributed by atoms with Gasteiger partial charge in [-0.25, -0.2) is 19.2 Å². The molecule has 1 amide bonds. The van der Waals surface area contributed by atoms with Gasteiger partial charge in [0, 0.05) is 36.1 Å². The van der Waals surface area contributed by atoms with E-state index in [1.807, 2.05) is 13.8 Å². The van der Waals surface area contributed by atoms with Gasteiger partial charge in [0.15, 0.2) is 5.82 Å². The number of primary amides is 1. The average molecular weight is 471 g/mol. The Kier molecular flexibility index (Phi) is 8.08. The first-order chi connectivity index (χ1) is 16.2. The Morgan fingerprint density at radius 2 is 1.91 bits per heavy atom. The minimum atomic E-state index is -0.726. The van der Waals surface area contributed by atoms with Gasteiger partial charge in [-0.3, -0.25) is 14.8 Å². The Labute approximate surface area is 196 Å². The molecule has 5 N–H and O–H groups in total. The smallest absolute Gasteiger partial charge is 0.250 e. The molecule has 0 bridgehead atoms. The SMILES string of the molecule is COc1ccc(F)c(-c2cncc(N(N[C@@H](CN)CC(C)C)c3ccc(C(N)=O)cn3)c2F)c1. The number of nitrogens with one attached hydrogen (secondary N) is 1. The molecule has 3 rings (SSSR count). The third kappa shape index (κ3) is 5.64. The molecule has 1 aromatic carbocycles. The number of hydrogen-bond donors (Lipinski definition) is 3. The van der Waals surface area contributed by atoms with Crippen molar-refractivity contribution >= 4 is 17.4 Å². The summed E-state index contributed by atoms with van der Waals surface area (Å²) >= 11 is 0. The molecule has 8 nitrogen and oxygen atoms in total. The maximum Gasteiger partial charge on any atom is 0.250 e. The van der Waals surface area contributed by atoms with Gasteiger partial charge in [0.1, 0.15) is 23.1 Å². The van der Waals surface area contributed by atoms with Crippen LogP contribution in [0.3, 0.4) is 0 Å². The third-order valence-electron chi connectivity index (χ3n) is 5.18. The molecule has 0 unspecified atom stereocenters. The number of nitrogens with two attached hydrogens (primary N) is 2. The number of anilines is 2. The van der Waals surface area contributed by atoms with Crippen LogP contribution in [0.1, 0.15) is 30.6 Å². The zero-order chi connectivity index (χ0) is 24.8. The van der Waals surface area contributed by atoms with Crippen molar-refractivity contribution in [3.8, 4) is 16.9 Å². The molecule has 1 atom stereocenters. The van der Waals surface area contributed by atoms with Crippen LogP contribution in [-0.2, 0) is 0 Å². The fourth-order valence-corrected chi connectivity index (χ4v) is 3.49. The first-order valence-corrected chi connectivity index (χ1v) is 10.7. The number of methoxy groups -OCH3 is 1. The molecule has 2 heterocycles. The van der Waals surface area contributed by atoms with Crippen molar-refractivity contribution in [3.63, 3.8) is 0 Å². The molecule has 3 aromatic rings. The molecule has 0 aliphatic heterocycles. The monoisotopic (exact) mass is 470 g/mol. The largest absolute Gasteiger partial charge is 0.497 e. The number of carbonyl (C=O) groups is 1. The normalized spacial score (nSPS) is 12.0. The highest BCUT2D eigenvalue weighted by atomic mass is 19.1. The molecule has 34 heavy (non-hydrogen) atoms. The highest BCUT2D eigenvalue weighted by Gasteiger charge is 2.23. The quantitative estimate of drug-likeness (QED) is 0.388. The molecule has 0 spiro atoms. The Hall–Kier alpha value is -3.63. The number of ether oxygens (including phenoxy) is 1. The summed E-state index contributed by atoms with van der Waals surface area (Å²) in [6.07, 6.45) is 4.54. The van der Waals surface area contributed by atoms with Gasteiger partial charge in [-0.15, -0.1) is 0 Å². The number of hydrogen-bond acceptors (Lipinski definition) is 7. The van der Waals surface area contributed by atoms with Gasteiger partial charge >= 0.3 is 0 Å². The van der Waals surface area contributed by atoms with E-state index in [4.69, 9.17) is 16.2 Å². The van der Waals surface area contributed by atoms with Crippen LogP contribution in [0.4, 0.5) is 20.3 Å². The van der Waals surface area contributed by atoms with Crippen LogP contribution in [0.5, 0.6) is 5.75 Å². The van der Waals surface area contributed by atoms with E-state index >= 15 is 4.39 Å². The number of amides is 1. The average Bonchev–Trinajstić information content (AvgIpc) is 2.82. The zero-order valence-electron chi connectivity index (χ0n) is 19.3. The van der Waals surface area contributed by atoms with Crippen molar-refractivity contribution in [2.45, 2.75) is 26.3 Å². The number of pyridine rings is 2. The van der Waals surface area contributed by atoms with Crippen LogP contribution in [0.25, 0.3) is 11.1 Å². The maximum atomic E-state index is 15.9. The highest BCUT2D eigenvalue weighted by Crippen LogP contribution is 2.34. The van der Waals surface area contributed by atoms with Gasteiger partial charge in [0.25, 0.3) is 0 Å². The predicted octanol–water partition coefficient (Wildman–Crippen LogP) is 3.55. The molecule has 2 aromatic heterocycles. The summed E-state index contributed by atoms with van der Waals surface area (Å²) in [5.74, 6) is -1.02. The maximum absolute atomic E-state index is 15.9. The standard InChI is InChI=1S/C24H28F2N6O2/c1-14(2)8-16(10-27)31-32(22-7-4-15(11-30-22)24(28)33)21-13-29-12-19(23(21)26)18-9-17(34-3)5-6-20(18)25/h4-7,9,11-14,16,31H,8,10,27H2,1-3H3,(H2,28,33)/t16-/m1/s1. The van der Waals surface area contributed by atoms with Crippen LogP contribution in [-0.4, -0.2) is 35.6 Å². The lowest BCUT2D eigenvalue weighted by atomic mass is 10.0. The summed E-state index contributed by atoms with van der Waals surface area (Å²) in [7, 11) is 1.44. The van der Waals surface area contributed by atoms with E-state index in [-0.39, 0.29) is 40.8 Å². The van der Waals surface area contributed by atoms with Crippen LogP contribution in [0, 0.1) is 17.6 Å². The van der Waals surface area contributed by atoms with E-state index in [2.05, 4.69) is 15.4 Å². The first kappa shape index (κ1) is 25.0. The summed E-state index contributed by atoms with van der Waals surface area (Å²) in [6, 6.07) is 6.83. The molecule has 0 saturated heterocycles. The van der Waals surface area contributed by atoms with E-state index in [0.29, 0.717) is 18.1 Å². The van der Waals surface area contributed by atoms with Crippen LogP contribution < -0.4 is 26.6 Å². The van der Waals surface area contributed by atoms with Gasteiger partial charge in [-0.05, 0) is 42.7 Å². The van der Waals surface area contributed by atoms with Crippen LogP contribution >= 0.6 is 0 Å². The lowest BCUT2D eigenvalue weighted by molar-refractivity contribution is 0.1000. The summed E-state index contributed by atoms with van der Waals surface area (Å²) in [6.45, 7) is 4.36. The van der Waals surface area contributed by atoms with Crippen molar-refractivity contribution in [1.82, 2.24) is 15.4 Å². The van der Waals surface area contributed by atoms with Crippen molar-refractivity contribution in [2.24, 2.45) is 17.4 Å². The molecule has 180 valence electrons. The lowest BCUT2D eigenvalue weighted by Gasteiger charge is -2.30. The number of aromatic nitrogens is 2. The van der Waals surface area contributed by atoms with Crippen molar-refractivity contribution in [1.29, 1.82) is 0 Å². The Morgan fingerprint density at radius 3 is 2.50 bits per heavy atom. The van der Waals surface area contributed by atoms with Crippen molar-refractivity contribution in [2.75, 3.05) is 18.7 Å². The minimum absolute atomic E-state index is 0.000686. The Morgan fingerprint density at radius 1 is 1.15 bits per heavy atom. The van der Waals surface area contributed by atoms with Crippen molar-refractivity contribution < 1.29 is 18.3 Å². The fourth-order valence-electron chi connectivity index (χ4n) is 3.49. The van der Waals surface area contributed by atoms with Gasteiger partial charge in [-0.1, -0.05) is 13.8 Å². The minimum Gasteiger partial charge on any atom is -0.497 e. The van der Waals surface area contributed by atoms with E-state index in [1.54, 1.807) is 0 Å². The van der Waals surface area contributed by atoms with E-state index in [0.717, 1.165) is 0 Å². The van der Waals surface area contributed by atoms with Gasteiger partial charge in [0.2, 0.25) is 5.91 Å². The number of hydrazine groups is 1. The second-order valence-corrected chi connectivity index (χ2v) is 8.16. The number of carbonyl (C=O) groups excluding carboxylic acids is 1. The van der Waals surface area contributed by atoms with Crippen molar-refractivity contribution in [3.05, 3.63) is 66.1 Å². The summed E-state index contributed by atoms with van der Waals surface area (Å²) in [4.78, 5) is 19.9. The molecule has 0 fully saturated rings. The second-order valence-electron chi connectivity index (χ2n) is 8.16. The molecular weight excluding hydrogens is 442 g/mol. The number of benzene rings is 1. The molecule has 10 heteroatoms. The Balaban J connectivity index is 2.12. The topological polar surface area (TPSA) is 119 Å². The summed E-state index contributed by atoms with van der Waals surface area (Å²) in [5.41, 5.74) is 14.6. The molecular formula is C24H28F2N6O2. The first-order valence-electron chi connectivity index (χ1n) is 10.7. The highest BCUT2D eigenvalue weighted by molar-refractivity contribution is 5.92. The third-order valence-corrected chi connectivity index (χ3v) is 5.18. The predicted molar refractivity (Wildman–Crippen MR) is 126 cm³/mol. The molecule has 0 aliphatic rings. The number of rotatable bonds is 10. The van der Waals surface area contributed by atoms with E-state index in [1.165, 1.54) is 61.0 Å². The zero-order valence-corrected chi connectivity index (χ0v) is 19.3. The fraction of sp³-hybridized carbons (Fsp3) is 0.292. The van der Waals surface area contributed by atoms with Gasteiger partial charge < -0.3 is 16.2 Å². The molecule has 0 aliphatic carbocycles. The summed E-state index contributed by atoms with van der Waals surface area (Å²) < 4.78 is 35.6.